The molecule has 1 fully saturated rings. The summed E-state index contributed by atoms with van der Waals surface area (Å²) in [4.78, 5) is 11.2. The summed E-state index contributed by atoms with van der Waals surface area (Å²) in [6.07, 6.45) is -0.293. The van der Waals surface area contributed by atoms with E-state index in [1.54, 1.807) is 0 Å². The van der Waals surface area contributed by atoms with E-state index in [9.17, 15) is 27.5 Å². The fraction of sp³-hybridized carbons (Fsp3) is 0.875. The van der Waals surface area contributed by atoms with Crippen LogP contribution in [0.1, 0.15) is 19.3 Å². The van der Waals surface area contributed by atoms with E-state index in [4.69, 9.17) is 0 Å². The van der Waals surface area contributed by atoms with Crippen molar-refractivity contribution in [1.29, 1.82) is 0 Å². The van der Waals surface area contributed by atoms with Crippen LogP contribution in [-0.2, 0) is 4.79 Å². The number of aliphatic hydroxyl groups is 1. The second-order valence-electron chi connectivity index (χ2n) is 3.67. The summed E-state index contributed by atoms with van der Waals surface area (Å²) in [5, 5.41) is -0.0133. The third-order valence-electron chi connectivity index (χ3n) is 2.67. The van der Waals surface area contributed by atoms with Gasteiger partial charge in [-0.25, -0.2) is 0 Å². The molecule has 0 aromatic heterocycles. The van der Waals surface area contributed by atoms with Crippen LogP contribution in [0.5, 0.6) is 0 Å². The first-order valence-electron chi connectivity index (χ1n) is 4.40. The molecule has 1 atom stereocenters. The summed E-state index contributed by atoms with van der Waals surface area (Å²) in [5.41, 5.74) is -4.06. The summed E-state index contributed by atoms with van der Waals surface area (Å²) in [6.45, 7) is 0. The molecule has 0 amide bonds. The molecule has 16 heavy (non-hydrogen) atoms. The van der Waals surface area contributed by atoms with Gasteiger partial charge in [0.05, 0.1) is 5.92 Å². The maximum Gasteiger partial charge on any atom is 0.357 e. The van der Waals surface area contributed by atoms with Gasteiger partial charge >= 0.3 is 10.8 Å². The van der Waals surface area contributed by atoms with Gasteiger partial charge in [0.2, 0.25) is 5.60 Å². The number of ketones is 1. The average Bonchev–Trinajstić information content (AvgIpc) is 2.46. The Bertz CT molecular complexity index is 283. The lowest BCUT2D eigenvalue weighted by atomic mass is 9.85. The van der Waals surface area contributed by atoms with Crippen LogP contribution in [-0.4, -0.2) is 27.3 Å². The number of hydrogen-bond acceptors (Lipinski definition) is 2. The quantitative estimate of drug-likeness (QED) is 0.638. The number of Topliss-reactive ketones (excluding diaryl/α,β-unsaturated/α-hetero) is 1. The van der Waals surface area contributed by atoms with Crippen molar-refractivity contribution in [2.75, 3.05) is 0 Å². The number of carbonyl (C=O) groups is 1. The number of alkyl halides is 6. The summed E-state index contributed by atoms with van der Waals surface area (Å²) < 4.78 is 51.6. The van der Waals surface area contributed by atoms with Gasteiger partial charge in [0, 0.05) is 6.42 Å². The molecule has 1 aliphatic carbocycles. The van der Waals surface area contributed by atoms with E-state index in [-0.39, 0.29) is 19.3 Å². The number of carbonyl (C=O) groups excluding carboxylic acids is 1. The van der Waals surface area contributed by atoms with Crippen LogP contribution in [0.25, 0.3) is 0 Å². The molecule has 94 valence electrons. The predicted molar refractivity (Wildman–Crippen MR) is 48.9 cm³/mol. The number of hydrogen-bond donors (Lipinski definition) is 1. The highest BCUT2D eigenvalue weighted by Gasteiger charge is 2.72. The minimum atomic E-state index is -4.69. The maximum atomic E-state index is 12.9. The maximum absolute atomic E-state index is 12.9. The molecular formula is C8H8Cl2F4O2. The van der Waals surface area contributed by atoms with Gasteiger partial charge in [-0.2, -0.15) is 17.6 Å². The van der Waals surface area contributed by atoms with Crippen LogP contribution < -0.4 is 0 Å². The van der Waals surface area contributed by atoms with Crippen molar-refractivity contribution >= 4 is 29.0 Å². The summed E-state index contributed by atoms with van der Waals surface area (Å²) in [5.74, 6) is -2.84. The molecule has 0 heterocycles. The standard InChI is InChI=1S/C8H8Cl2F4O2/c9-7(11,12)6(16,8(10,13)14)4-2-1-3-5(4)15/h4,16H,1-3H2/t4-/m0/s1. The Kier molecular flexibility index (Phi) is 3.49. The van der Waals surface area contributed by atoms with Crippen LogP contribution in [0.3, 0.4) is 0 Å². The first-order chi connectivity index (χ1) is 7.02. The van der Waals surface area contributed by atoms with Crippen molar-refractivity contribution in [2.45, 2.75) is 35.6 Å². The Morgan fingerprint density at radius 2 is 1.62 bits per heavy atom. The van der Waals surface area contributed by atoms with E-state index >= 15 is 0 Å². The van der Waals surface area contributed by atoms with E-state index in [0.717, 1.165) is 0 Å². The lowest BCUT2D eigenvalue weighted by Gasteiger charge is -2.38. The Morgan fingerprint density at radius 1 is 1.19 bits per heavy atom. The van der Waals surface area contributed by atoms with E-state index in [1.165, 1.54) is 0 Å². The molecule has 1 rings (SSSR count). The van der Waals surface area contributed by atoms with Crippen molar-refractivity contribution in [2.24, 2.45) is 5.92 Å². The van der Waals surface area contributed by atoms with E-state index in [1.807, 2.05) is 0 Å². The number of rotatable bonds is 3. The third-order valence-corrected chi connectivity index (χ3v) is 3.25. The Balaban J connectivity index is 3.20. The van der Waals surface area contributed by atoms with E-state index < -0.39 is 28.1 Å². The van der Waals surface area contributed by atoms with Gasteiger partial charge in [-0.3, -0.25) is 4.79 Å². The van der Waals surface area contributed by atoms with Crippen molar-refractivity contribution in [1.82, 2.24) is 0 Å². The van der Waals surface area contributed by atoms with Gasteiger partial charge in [0.1, 0.15) is 5.78 Å². The highest BCUT2D eigenvalue weighted by atomic mass is 35.5. The molecule has 0 radical (unpaired) electrons. The monoisotopic (exact) mass is 282 g/mol. The zero-order valence-electron chi connectivity index (χ0n) is 7.82. The first-order valence-corrected chi connectivity index (χ1v) is 5.16. The normalized spacial score (nSPS) is 23.9. The predicted octanol–water partition coefficient (Wildman–Crippen LogP) is 2.75. The Labute approximate surface area is 98.5 Å². The summed E-state index contributed by atoms with van der Waals surface area (Å²) in [6, 6.07) is 0. The second-order valence-corrected chi connectivity index (χ2v) is 4.62. The van der Waals surface area contributed by atoms with Gasteiger partial charge in [-0.05, 0) is 36.0 Å². The molecule has 0 aliphatic heterocycles. The summed E-state index contributed by atoms with van der Waals surface area (Å²) >= 11 is 8.94. The molecular weight excluding hydrogens is 275 g/mol. The summed E-state index contributed by atoms with van der Waals surface area (Å²) in [7, 11) is 0. The molecule has 8 heteroatoms. The fourth-order valence-corrected chi connectivity index (χ4v) is 2.36. The minimum absolute atomic E-state index is 0.145. The van der Waals surface area contributed by atoms with Gasteiger partial charge in [0.25, 0.3) is 0 Å². The Hall–Kier alpha value is -0.0700. The minimum Gasteiger partial charge on any atom is -0.376 e. The molecule has 1 aliphatic rings. The molecule has 2 nitrogen and oxygen atoms in total. The molecule has 1 saturated carbocycles. The third kappa shape index (κ3) is 2.02. The van der Waals surface area contributed by atoms with Crippen LogP contribution in [0.2, 0.25) is 0 Å². The molecule has 0 spiro atoms. The van der Waals surface area contributed by atoms with Crippen LogP contribution >= 0.6 is 23.2 Å². The van der Waals surface area contributed by atoms with Crippen molar-refractivity contribution in [3.63, 3.8) is 0 Å². The highest BCUT2D eigenvalue weighted by Crippen LogP contribution is 2.53. The van der Waals surface area contributed by atoms with Crippen molar-refractivity contribution in [3.8, 4) is 0 Å². The average molecular weight is 283 g/mol. The van der Waals surface area contributed by atoms with Gasteiger partial charge < -0.3 is 5.11 Å². The molecule has 0 saturated heterocycles. The van der Waals surface area contributed by atoms with Gasteiger partial charge in [-0.1, -0.05) is 0 Å². The van der Waals surface area contributed by atoms with Crippen LogP contribution in [0.15, 0.2) is 0 Å². The molecule has 0 aromatic carbocycles. The molecule has 0 bridgehead atoms. The van der Waals surface area contributed by atoms with Crippen molar-refractivity contribution < 1.29 is 27.5 Å². The largest absolute Gasteiger partial charge is 0.376 e. The molecule has 0 unspecified atom stereocenters. The highest BCUT2D eigenvalue weighted by molar-refractivity contribution is 6.26. The van der Waals surface area contributed by atoms with Gasteiger partial charge in [-0.15, -0.1) is 0 Å². The molecule has 0 aromatic rings. The lowest BCUT2D eigenvalue weighted by Crippen LogP contribution is -2.61. The second kappa shape index (κ2) is 3.99. The fourth-order valence-electron chi connectivity index (χ4n) is 1.81. The zero-order valence-corrected chi connectivity index (χ0v) is 9.33. The van der Waals surface area contributed by atoms with Gasteiger partial charge in [0.15, 0.2) is 0 Å². The van der Waals surface area contributed by atoms with Crippen LogP contribution in [0.4, 0.5) is 17.6 Å². The zero-order chi connectivity index (χ0) is 12.8. The van der Waals surface area contributed by atoms with Crippen LogP contribution in [0, 0.1) is 5.92 Å². The SMILES string of the molecule is O=C1CCC[C@@H]1C(O)(C(F)(F)Cl)C(F)(F)Cl. The molecule has 1 N–H and O–H groups in total. The number of halogens is 6. The topological polar surface area (TPSA) is 37.3 Å². The van der Waals surface area contributed by atoms with E-state index in [2.05, 4.69) is 23.2 Å². The Morgan fingerprint density at radius 3 is 1.88 bits per heavy atom. The first kappa shape index (κ1) is 14.0. The smallest absolute Gasteiger partial charge is 0.357 e. The van der Waals surface area contributed by atoms with Crippen molar-refractivity contribution in [3.05, 3.63) is 0 Å². The lowest BCUT2D eigenvalue weighted by molar-refractivity contribution is -0.239. The van der Waals surface area contributed by atoms with E-state index in [0.29, 0.717) is 0 Å².